The molecule has 0 heterocycles. The number of benzene rings is 1. The van der Waals surface area contributed by atoms with Gasteiger partial charge in [0.25, 0.3) is 0 Å². The van der Waals surface area contributed by atoms with Crippen LogP contribution in [0.2, 0.25) is 0 Å². The second kappa shape index (κ2) is 8.72. The number of halogens is 2. The van der Waals surface area contributed by atoms with Gasteiger partial charge in [0.2, 0.25) is 0 Å². The fourth-order valence-electron chi connectivity index (χ4n) is 2.55. The van der Waals surface area contributed by atoms with Crippen molar-refractivity contribution in [2.24, 2.45) is 0 Å². The van der Waals surface area contributed by atoms with Crippen LogP contribution in [0.4, 0.5) is 0 Å². The van der Waals surface area contributed by atoms with Gasteiger partial charge in [-0.25, -0.2) is 0 Å². The van der Waals surface area contributed by atoms with E-state index in [0.717, 1.165) is 6.42 Å². The van der Waals surface area contributed by atoms with Crippen LogP contribution in [0, 0.1) is 0 Å². The molecule has 0 amide bonds. The molecule has 0 atom stereocenters. The summed E-state index contributed by atoms with van der Waals surface area (Å²) in [6.45, 7) is 2.07. The molecule has 1 radical (unpaired) electrons. The largest absolute Gasteiger partial charge is 3.00 e. The maximum atomic E-state index is 2.28. The Bertz CT molecular complexity index is 648. The summed E-state index contributed by atoms with van der Waals surface area (Å²) in [5.41, 5.74) is 4.17. The molecule has 1 aliphatic rings. The van der Waals surface area contributed by atoms with Gasteiger partial charge in [0.15, 0.2) is 0 Å². The first-order valence-electron chi connectivity index (χ1n) is 6.07. The van der Waals surface area contributed by atoms with Gasteiger partial charge in [0.1, 0.15) is 0 Å². The van der Waals surface area contributed by atoms with Crippen LogP contribution in [-0.4, -0.2) is 0 Å². The molecule has 101 valence electrons. The quantitative estimate of drug-likeness (QED) is 0.582. The van der Waals surface area contributed by atoms with Crippen LogP contribution in [0.15, 0.2) is 54.6 Å². The predicted octanol–water partition coefficient (Wildman–Crippen LogP) is -1.06. The molecule has 0 unspecified atom stereocenters. The Labute approximate surface area is 152 Å². The van der Waals surface area contributed by atoms with Crippen molar-refractivity contribution in [1.29, 1.82) is 0 Å². The molecule has 0 aliphatic heterocycles. The van der Waals surface area contributed by atoms with E-state index < -0.39 is 0 Å². The molecule has 0 bridgehead atoms. The summed E-state index contributed by atoms with van der Waals surface area (Å²) in [6, 6.07) is 10.9. The second-order valence-electron chi connectivity index (χ2n) is 4.39. The number of hydrogen-bond donors (Lipinski definition) is 0. The zero-order chi connectivity index (χ0) is 11.7. The zero-order valence-electron chi connectivity index (χ0n) is 11.2. The van der Waals surface area contributed by atoms with E-state index in [1.807, 2.05) is 0 Å². The molecule has 0 spiro atoms. The molecule has 2 aromatic carbocycles. The van der Waals surface area contributed by atoms with Crippen LogP contribution in [0.5, 0.6) is 0 Å². The van der Waals surface area contributed by atoms with Gasteiger partial charge in [-0.1, -0.05) is 48.9 Å². The molecule has 0 saturated carbocycles. The molecular weight excluding hydrogens is 366 g/mol. The summed E-state index contributed by atoms with van der Waals surface area (Å²) in [6.07, 6.45) is 12.0. The fourth-order valence-corrected chi connectivity index (χ4v) is 2.55. The van der Waals surface area contributed by atoms with Crippen molar-refractivity contribution < 1.29 is 51.0 Å². The van der Waals surface area contributed by atoms with Gasteiger partial charge < -0.3 is 24.8 Å². The molecule has 2 aromatic rings. The molecule has 3 heteroatoms. The molecule has 0 N–H and O–H groups in total. The summed E-state index contributed by atoms with van der Waals surface area (Å²) in [7, 11) is 0. The smallest absolute Gasteiger partial charge is 1.00 e. The average molecular weight is 381 g/mol. The molecule has 0 fully saturated rings. The molecule has 0 aromatic heterocycles. The van der Waals surface area contributed by atoms with E-state index in [1.165, 1.54) is 27.5 Å². The fraction of sp³-hybridized carbons (Fsp3) is 0.118. The number of hydrogen-bond acceptors (Lipinski definition) is 0. The average Bonchev–Trinajstić information content (AvgIpc) is 2.94. The molecule has 3 rings (SSSR count). The third-order valence-electron chi connectivity index (χ3n) is 3.27. The SMILES string of the molecule is CC=Cc1[cH-]c2ccccc2c1C1=CC=CC1.[Cl-].[Cl-].[Zr+3]. The van der Waals surface area contributed by atoms with E-state index in [2.05, 4.69) is 67.6 Å². The minimum atomic E-state index is 0. The normalized spacial score (nSPS) is 12.8. The maximum Gasteiger partial charge on any atom is 3.00 e. The van der Waals surface area contributed by atoms with Crippen molar-refractivity contribution in [3.05, 3.63) is 65.8 Å². The third kappa shape index (κ3) is 3.58. The van der Waals surface area contributed by atoms with Gasteiger partial charge in [-0.15, -0.1) is 46.2 Å². The summed E-state index contributed by atoms with van der Waals surface area (Å²) in [4.78, 5) is 0. The monoisotopic (exact) mass is 379 g/mol. The molecule has 20 heavy (non-hydrogen) atoms. The maximum absolute atomic E-state index is 2.28. The van der Waals surface area contributed by atoms with Crippen LogP contribution in [-0.2, 0) is 26.2 Å². The Hall–Kier alpha value is -0.487. The van der Waals surface area contributed by atoms with Crippen LogP contribution in [0.1, 0.15) is 24.5 Å². The Morgan fingerprint density at radius 3 is 2.55 bits per heavy atom. The van der Waals surface area contributed by atoms with Gasteiger partial charge in [0.05, 0.1) is 0 Å². The van der Waals surface area contributed by atoms with Crippen molar-refractivity contribution in [2.45, 2.75) is 13.3 Å². The van der Waals surface area contributed by atoms with E-state index in [0.29, 0.717) is 0 Å². The molecular formula is C17H15Cl2Zr. The minimum Gasteiger partial charge on any atom is -1.00 e. The van der Waals surface area contributed by atoms with E-state index in [4.69, 9.17) is 0 Å². The van der Waals surface area contributed by atoms with Crippen molar-refractivity contribution in [1.82, 2.24) is 0 Å². The molecule has 0 nitrogen and oxygen atoms in total. The Kier molecular flexibility index (Phi) is 8.51. The van der Waals surface area contributed by atoms with Crippen molar-refractivity contribution in [2.75, 3.05) is 0 Å². The minimum absolute atomic E-state index is 0. The van der Waals surface area contributed by atoms with Crippen molar-refractivity contribution in [3.63, 3.8) is 0 Å². The zero-order valence-corrected chi connectivity index (χ0v) is 15.2. The van der Waals surface area contributed by atoms with Crippen LogP contribution in [0.25, 0.3) is 22.4 Å². The first-order valence-corrected chi connectivity index (χ1v) is 6.07. The predicted molar refractivity (Wildman–Crippen MR) is 76.0 cm³/mol. The van der Waals surface area contributed by atoms with Crippen LogP contribution >= 0.6 is 0 Å². The number of allylic oxidation sites excluding steroid dienone is 5. The first-order chi connectivity index (χ1) is 8.40. The van der Waals surface area contributed by atoms with Crippen molar-refractivity contribution in [3.8, 4) is 0 Å². The number of fused-ring (bicyclic) bond motifs is 1. The van der Waals surface area contributed by atoms with E-state index >= 15 is 0 Å². The Morgan fingerprint density at radius 2 is 1.90 bits per heavy atom. The van der Waals surface area contributed by atoms with Gasteiger partial charge >= 0.3 is 26.2 Å². The summed E-state index contributed by atoms with van der Waals surface area (Å²) < 4.78 is 0. The van der Waals surface area contributed by atoms with Gasteiger partial charge in [-0.05, 0) is 6.42 Å². The van der Waals surface area contributed by atoms with E-state index in [-0.39, 0.29) is 51.0 Å². The van der Waals surface area contributed by atoms with Gasteiger partial charge in [-0.2, -0.15) is 0 Å². The summed E-state index contributed by atoms with van der Waals surface area (Å²) >= 11 is 0. The van der Waals surface area contributed by atoms with E-state index in [9.17, 15) is 0 Å². The first kappa shape index (κ1) is 19.5. The molecule has 1 aliphatic carbocycles. The second-order valence-corrected chi connectivity index (χ2v) is 4.39. The number of rotatable bonds is 2. The third-order valence-corrected chi connectivity index (χ3v) is 3.27. The van der Waals surface area contributed by atoms with Gasteiger partial charge in [-0.3, -0.25) is 0 Å². The Balaban J connectivity index is 0.00000120. The van der Waals surface area contributed by atoms with Crippen LogP contribution in [0.3, 0.4) is 0 Å². The summed E-state index contributed by atoms with van der Waals surface area (Å²) in [5, 5.41) is 2.71. The van der Waals surface area contributed by atoms with Crippen LogP contribution < -0.4 is 24.8 Å². The van der Waals surface area contributed by atoms with Gasteiger partial charge in [0, 0.05) is 0 Å². The topological polar surface area (TPSA) is 0 Å². The Morgan fingerprint density at radius 1 is 1.15 bits per heavy atom. The van der Waals surface area contributed by atoms with E-state index in [1.54, 1.807) is 0 Å². The van der Waals surface area contributed by atoms with Crippen molar-refractivity contribution >= 4 is 22.4 Å². The summed E-state index contributed by atoms with van der Waals surface area (Å²) in [5.74, 6) is 0. The standard InChI is InChI=1S/C17H15.2ClH.Zr/c1-2-7-15-12-14-10-5-6-11-16(14)17(15)13-8-3-4-9-13;;;/h2-8,10-12H,9H2,1H3;2*1H;/q-1;;;+3/p-2. The molecule has 0 saturated heterocycles.